The fourth-order valence-corrected chi connectivity index (χ4v) is 3.12. The number of pyridine rings is 1. The summed E-state index contributed by atoms with van der Waals surface area (Å²) in [5.41, 5.74) is 1.62. The van der Waals surface area contributed by atoms with Crippen LogP contribution in [0.15, 0.2) is 12.4 Å². The number of carboxylic acid groups (broad SMARTS) is 1. The zero-order chi connectivity index (χ0) is 19.0. The average Bonchev–Trinajstić information content (AvgIpc) is 2.65. The second-order valence-corrected chi connectivity index (χ2v) is 8.30. The molecular formula is C18H29BN2O4. The van der Waals surface area contributed by atoms with Gasteiger partial charge in [-0.1, -0.05) is 6.92 Å². The molecule has 0 saturated carbocycles. The Morgan fingerprint density at radius 3 is 2.28 bits per heavy atom. The number of amides is 1. The van der Waals surface area contributed by atoms with Gasteiger partial charge in [-0.25, -0.2) is 4.79 Å². The van der Waals surface area contributed by atoms with E-state index in [-0.39, 0.29) is 0 Å². The van der Waals surface area contributed by atoms with Gasteiger partial charge in [0.1, 0.15) is 0 Å². The molecule has 1 aliphatic rings. The summed E-state index contributed by atoms with van der Waals surface area (Å²) >= 11 is 0. The zero-order valence-electron chi connectivity index (χ0n) is 16.3. The summed E-state index contributed by atoms with van der Waals surface area (Å²) in [6.07, 6.45) is 3.91. The molecule has 0 atom stereocenters. The van der Waals surface area contributed by atoms with Gasteiger partial charge in [0.25, 0.3) is 0 Å². The Balaban J connectivity index is 2.35. The monoisotopic (exact) mass is 348 g/mol. The summed E-state index contributed by atoms with van der Waals surface area (Å²) in [4.78, 5) is 15.4. The Morgan fingerprint density at radius 2 is 1.80 bits per heavy atom. The Bertz CT molecular complexity index is 642. The second-order valence-electron chi connectivity index (χ2n) is 8.30. The van der Waals surface area contributed by atoms with Crippen molar-refractivity contribution < 1.29 is 19.2 Å². The molecule has 1 aliphatic heterocycles. The molecule has 0 aliphatic carbocycles. The minimum absolute atomic E-state index is 0.414. The second kappa shape index (κ2) is 6.61. The molecule has 25 heavy (non-hydrogen) atoms. The molecule has 1 saturated heterocycles. The molecule has 1 aromatic heterocycles. The predicted molar refractivity (Wildman–Crippen MR) is 98.3 cm³/mol. The Kier molecular flexibility index (Phi) is 5.22. The lowest BCUT2D eigenvalue weighted by atomic mass is 9.74. The maximum atomic E-state index is 11.0. The third kappa shape index (κ3) is 4.15. The molecule has 0 spiro atoms. The molecule has 2 N–H and O–H groups in total. The van der Waals surface area contributed by atoms with Gasteiger partial charge >= 0.3 is 13.2 Å². The van der Waals surface area contributed by atoms with Crippen LogP contribution in [0.5, 0.6) is 0 Å². The molecule has 1 fully saturated rings. The molecule has 138 valence electrons. The van der Waals surface area contributed by atoms with Crippen molar-refractivity contribution in [2.75, 3.05) is 0 Å². The minimum Gasteiger partial charge on any atom is -0.465 e. The molecular weight excluding hydrogens is 319 g/mol. The zero-order valence-corrected chi connectivity index (χ0v) is 16.3. The van der Waals surface area contributed by atoms with E-state index in [4.69, 9.17) is 14.4 Å². The SMILES string of the molecule is CCc1c(CC(C)(C)NC(=O)O)cncc1B1OC(C)(C)C(C)(C)O1. The van der Waals surface area contributed by atoms with Crippen molar-refractivity contribution in [2.45, 2.75) is 78.0 Å². The number of nitrogens with zero attached hydrogens (tertiary/aromatic N) is 1. The fraction of sp³-hybridized carbons (Fsp3) is 0.667. The van der Waals surface area contributed by atoms with E-state index in [0.717, 1.165) is 23.0 Å². The lowest BCUT2D eigenvalue weighted by Crippen LogP contribution is -2.45. The normalized spacial score (nSPS) is 19.1. The van der Waals surface area contributed by atoms with Crippen molar-refractivity contribution >= 4 is 18.7 Å². The van der Waals surface area contributed by atoms with Crippen molar-refractivity contribution in [2.24, 2.45) is 0 Å². The molecule has 2 rings (SSSR count). The largest absolute Gasteiger partial charge is 0.496 e. The van der Waals surface area contributed by atoms with Gasteiger partial charge in [-0.2, -0.15) is 0 Å². The molecule has 1 amide bonds. The van der Waals surface area contributed by atoms with Crippen LogP contribution in [0.3, 0.4) is 0 Å². The highest BCUT2D eigenvalue weighted by atomic mass is 16.7. The van der Waals surface area contributed by atoms with E-state index < -0.39 is 30.0 Å². The van der Waals surface area contributed by atoms with Gasteiger partial charge in [0.05, 0.1) is 11.2 Å². The number of aromatic nitrogens is 1. The van der Waals surface area contributed by atoms with Crippen molar-refractivity contribution in [3.63, 3.8) is 0 Å². The van der Waals surface area contributed by atoms with Crippen LogP contribution in [0.25, 0.3) is 0 Å². The van der Waals surface area contributed by atoms with Crippen molar-refractivity contribution in [1.29, 1.82) is 0 Å². The first-order valence-electron chi connectivity index (χ1n) is 8.71. The highest BCUT2D eigenvalue weighted by Crippen LogP contribution is 2.36. The number of nitrogens with one attached hydrogen (secondary N) is 1. The van der Waals surface area contributed by atoms with Gasteiger partial charge in [-0.05, 0) is 65.5 Å². The summed E-state index contributed by atoms with van der Waals surface area (Å²) in [6.45, 7) is 13.9. The molecule has 2 heterocycles. The van der Waals surface area contributed by atoms with E-state index in [2.05, 4.69) is 17.2 Å². The van der Waals surface area contributed by atoms with Crippen LogP contribution in [-0.2, 0) is 22.2 Å². The number of hydrogen-bond acceptors (Lipinski definition) is 4. The molecule has 7 heteroatoms. The van der Waals surface area contributed by atoms with Crippen molar-refractivity contribution in [3.8, 4) is 0 Å². The lowest BCUT2D eigenvalue weighted by molar-refractivity contribution is 0.00578. The molecule has 0 aromatic carbocycles. The third-order valence-electron chi connectivity index (χ3n) is 5.12. The Morgan fingerprint density at radius 1 is 1.24 bits per heavy atom. The van der Waals surface area contributed by atoms with E-state index in [1.165, 1.54) is 0 Å². The summed E-state index contributed by atoms with van der Waals surface area (Å²) in [7, 11) is -0.469. The first-order valence-corrected chi connectivity index (χ1v) is 8.71. The maximum Gasteiger partial charge on any atom is 0.496 e. The predicted octanol–water partition coefficient (Wildman–Crippen LogP) is 2.53. The van der Waals surface area contributed by atoms with Gasteiger partial charge < -0.3 is 19.7 Å². The molecule has 6 nitrogen and oxygen atoms in total. The van der Waals surface area contributed by atoms with Crippen LogP contribution in [0, 0.1) is 0 Å². The standard InChI is InChI=1S/C18H29BN2O4/c1-8-13-12(9-16(2,3)21-15(22)23)10-20-11-14(13)19-24-17(4,5)18(6,7)25-19/h10-11,21H,8-9H2,1-7H3,(H,22,23). The van der Waals surface area contributed by atoms with Gasteiger partial charge in [-0.3, -0.25) is 4.98 Å². The van der Waals surface area contributed by atoms with Gasteiger partial charge in [0.15, 0.2) is 0 Å². The van der Waals surface area contributed by atoms with Crippen LogP contribution in [0.2, 0.25) is 0 Å². The Hall–Kier alpha value is -1.60. The quantitative estimate of drug-likeness (QED) is 0.800. The summed E-state index contributed by atoms with van der Waals surface area (Å²) in [5, 5.41) is 11.6. The van der Waals surface area contributed by atoms with E-state index in [1.807, 2.05) is 41.5 Å². The van der Waals surface area contributed by atoms with E-state index >= 15 is 0 Å². The van der Waals surface area contributed by atoms with Gasteiger partial charge in [-0.15, -0.1) is 0 Å². The first-order chi connectivity index (χ1) is 11.4. The smallest absolute Gasteiger partial charge is 0.465 e. The molecule has 1 aromatic rings. The number of hydrogen-bond donors (Lipinski definition) is 2. The lowest BCUT2D eigenvalue weighted by Gasteiger charge is -2.32. The van der Waals surface area contributed by atoms with E-state index in [0.29, 0.717) is 6.42 Å². The van der Waals surface area contributed by atoms with Gasteiger partial charge in [0, 0.05) is 23.4 Å². The van der Waals surface area contributed by atoms with Crippen LogP contribution in [-0.4, -0.2) is 40.0 Å². The summed E-state index contributed by atoms with van der Waals surface area (Å²) in [5.74, 6) is 0. The summed E-state index contributed by atoms with van der Waals surface area (Å²) in [6, 6.07) is 0. The highest BCUT2D eigenvalue weighted by Gasteiger charge is 2.52. The number of rotatable bonds is 5. The molecule has 0 unspecified atom stereocenters. The third-order valence-corrected chi connectivity index (χ3v) is 5.12. The van der Waals surface area contributed by atoms with E-state index in [1.54, 1.807) is 12.4 Å². The van der Waals surface area contributed by atoms with Crippen LogP contribution in [0.4, 0.5) is 4.79 Å². The fourth-order valence-electron chi connectivity index (χ4n) is 3.12. The van der Waals surface area contributed by atoms with Crippen molar-refractivity contribution in [3.05, 3.63) is 23.5 Å². The van der Waals surface area contributed by atoms with Crippen LogP contribution in [0.1, 0.15) is 59.6 Å². The maximum absolute atomic E-state index is 11.0. The van der Waals surface area contributed by atoms with Crippen LogP contribution >= 0.6 is 0 Å². The Labute approximate surface area is 150 Å². The van der Waals surface area contributed by atoms with Crippen LogP contribution < -0.4 is 10.8 Å². The molecule has 0 radical (unpaired) electrons. The number of carbonyl (C=O) groups is 1. The van der Waals surface area contributed by atoms with Gasteiger partial charge in [0.2, 0.25) is 0 Å². The summed E-state index contributed by atoms with van der Waals surface area (Å²) < 4.78 is 12.3. The average molecular weight is 348 g/mol. The highest BCUT2D eigenvalue weighted by molar-refractivity contribution is 6.62. The first kappa shape index (κ1) is 19.7. The topological polar surface area (TPSA) is 80.7 Å². The molecule has 0 bridgehead atoms. The minimum atomic E-state index is -1.03. The van der Waals surface area contributed by atoms with Crippen molar-refractivity contribution in [1.82, 2.24) is 10.3 Å². The van der Waals surface area contributed by atoms with E-state index in [9.17, 15) is 4.79 Å².